The Balaban J connectivity index is 2.06. The van der Waals surface area contributed by atoms with Crippen LogP contribution in [0.5, 0.6) is 5.75 Å². The Kier molecular flexibility index (Phi) is 3.91. The van der Waals surface area contributed by atoms with Gasteiger partial charge in [-0.3, -0.25) is 0 Å². The molecule has 0 radical (unpaired) electrons. The molecule has 0 aliphatic heterocycles. The molecule has 1 N–H and O–H groups in total. The van der Waals surface area contributed by atoms with Crippen LogP contribution >= 0.6 is 0 Å². The van der Waals surface area contributed by atoms with Gasteiger partial charge in [0.25, 0.3) is 0 Å². The minimum absolute atomic E-state index is 0.0230. The van der Waals surface area contributed by atoms with E-state index in [0.29, 0.717) is 16.7 Å². The second kappa shape index (κ2) is 5.27. The second-order valence-electron chi connectivity index (χ2n) is 5.31. The molecular formula is C15H22FNO. The van der Waals surface area contributed by atoms with Crippen molar-refractivity contribution >= 4 is 0 Å². The van der Waals surface area contributed by atoms with E-state index in [2.05, 4.69) is 12.2 Å². The minimum atomic E-state index is -0.198. The summed E-state index contributed by atoms with van der Waals surface area (Å²) in [5.74, 6) is 0.423. The van der Waals surface area contributed by atoms with Gasteiger partial charge in [-0.25, -0.2) is 4.39 Å². The first kappa shape index (κ1) is 13.3. The fourth-order valence-electron chi connectivity index (χ4n) is 2.42. The van der Waals surface area contributed by atoms with E-state index in [1.54, 1.807) is 13.2 Å². The summed E-state index contributed by atoms with van der Waals surface area (Å²) < 4.78 is 19.1. The molecule has 0 heterocycles. The van der Waals surface area contributed by atoms with Crippen molar-refractivity contribution in [1.82, 2.24) is 5.32 Å². The van der Waals surface area contributed by atoms with Crippen molar-refractivity contribution in [3.63, 3.8) is 0 Å². The number of hydrogen-bond acceptors (Lipinski definition) is 2. The van der Waals surface area contributed by atoms with Crippen LogP contribution in [0.1, 0.15) is 44.7 Å². The molecule has 1 aromatic carbocycles. The van der Waals surface area contributed by atoms with Gasteiger partial charge in [0, 0.05) is 18.2 Å². The molecule has 0 aromatic heterocycles. The Hall–Kier alpha value is -1.09. The van der Waals surface area contributed by atoms with Crippen molar-refractivity contribution in [2.45, 2.75) is 39.2 Å². The minimum Gasteiger partial charge on any atom is -0.496 e. The summed E-state index contributed by atoms with van der Waals surface area (Å²) in [4.78, 5) is 0. The highest BCUT2D eigenvalue weighted by atomic mass is 19.1. The standard InChI is InChI=1S/C15H22FNO/c1-4-15(8-9-15)10-17-11(2)14-12(16)6-5-7-13(14)18-3/h5-7,11,17H,4,8-10H2,1-3H3. The summed E-state index contributed by atoms with van der Waals surface area (Å²) in [5, 5.41) is 3.45. The van der Waals surface area contributed by atoms with Crippen LogP contribution in [0.4, 0.5) is 4.39 Å². The van der Waals surface area contributed by atoms with Gasteiger partial charge in [-0.2, -0.15) is 0 Å². The van der Waals surface area contributed by atoms with Crippen LogP contribution in [0.3, 0.4) is 0 Å². The van der Waals surface area contributed by atoms with E-state index in [4.69, 9.17) is 4.74 Å². The van der Waals surface area contributed by atoms with Crippen molar-refractivity contribution in [3.8, 4) is 5.75 Å². The second-order valence-corrected chi connectivity index (χ2v) is 5.31. The first-order valence-corrected chi connectivity index (χ1v) is 6.67. The molecule has 1 aliphatic carbocycles. The van der Waals surface area contributed by atoms with Gasteiger partial charge in [-0.05, 0) is 43.7 Å². The third-order valence-electron chi connectivity index (χ3n) is 4.16. The highest BCUT2D eigenvalue weighted by molar-refractivity contribution is 5.36. The summed E-state index contributed by atoms with van der Waals surface area (Å²) in [6.45, 7) is 5.18. The maximum atomic E-state index is 13.9. The fraction of sp³-hybridized carbons (Fsp3) is 0.600. The maximum absolute atomic E-state index is 13.9. The highest BCUT2D eigenvalue weighted by Crippen LogP contribution is 2.48. The third kappa shape index (κ3) is 2.66. The molecule has 1 atom stereocenters. The van der Waals surface area contributed by atoms with Gasteiger partial charge < -0.3 is 10.1 Å². The van der Waals surface area contributed by atoms with Gasteiger partial charge in [0.15, 0.2) is 0 Å². The van der Waals surface area contributed by atoms with Crippen molar-refractivity contribution < 1.29 is 9.13 Å². The van der Waals surface area contributed by atoms with Crippen LogP contribution in [0.2, 0.25) is 0 Å². The summed E-state index contributed by atoms with van der Waals surface area (Å²) in [5.41, 5.74) is 1.10. The van der Waals surface area contributed by atoms with E-state index >= 15 is 0 Å². The van der Waals surface area contributed by atoms with Crippen molar-refractivity contribution in [1.29, 1.82) is 0 Å². The number of nitrogens with one attached hydrogen (secondary N) is 1. The van der Waals surface area contributed by atoms with Crippen LogP contribution in [0, 0.1) is 11.2 Å². The molecule has 3 heteroatoms. The quantitative estimate of drug-likeness (QED) is 0.832. The normalized spacial score (nSPS) is 18.4. The molecule has 2 nitrogen and oxygen atoms in total. The predicted octanol–water partition coefficient (Wildman–Crippen LogP) is 3.68. The molecule has 0 bridgehead atoms. The Labute approximate surface area is 109 Å². The van der Waals surface area contributed by atoms with Gasteiger partial charge in [0.2, 0.25) is 0 Å². The first-order valence-electron chi connectivity index (χ1n) is 6.67. The van der Waals surface area contributed by atoms with Gasteiger partial charge in [0.1, 0.15) is 11.6 Å². The first-order chi connectivity index (χ1) is 8.62. The topological polar surface area (TPSA) is 21.3 Å². The van der Waals surface area contributed by atoms with Gasteiger partial charge in [0.05, 0.1) is 7.11 Å². The van der Waals surface area contributed by atoms with E-state index in [9.17, 15) is 4.39 Å². The predicted molar refractivity (Wildman–Crippen MR) is 71.3 cm³/mol. The summed E-state index contributed by atoms with van der Waals surface area (Å²) >= 11 is 0. The molecule has 1 saturated carbocycles. The molecule has 2 rings (SSSR count). The van der Waals surface area contributed by atoms with Gasteiger partial charge in [-0.15, -0.1) is 0 Å². The molecule has 0 amide bonds. The van der Waals surface area contributed by atoms with E-state index < -0.39 is 0 Å². The van der Waals surface area contributed by atoms with Crippen LogP contribution in [0.25, 0.3) is 0 Å². The molecule has 18 heavy (non-hydrogen) atoms. The molecular weight excluding hydrogens is 229 g/mol. The molecule has 0 saturated heterocycles. The molecule has 1 fully saturated rings. The zero-order chi connectivity index (χ0) is 13.2. The smallest absolute Gasteiger partial charge is 0.131 e. The maximum Gasteiger partial charge on any atom is 0.131 e. The highest BCUT2D eigenvalue weighted by Gasteiger charge is 2.40. The number of halogens is 1. The molecule has 100 valence electrons. The Morgan fingerprint density at radius 3 is 2.72 bits per heavy atom. The zero-order valence-electron chi connectivity index (χ0n) is 11.4. The van der Waals surface area contributed by atoms with E-state index in [0.717, 1.165) is 6.54 Å². The number of hydrogen-bond donors (Lipinski definition) is 1. The lowest BCUT2D eigenvalue weighted by atomic mass is 10.0. The van der Waals surface area contributed by atoms with Crippen LogP contribution in [-0.2, 0) is 0 Å². The average Bonchev–Trinajstić information content (AvgIpc) is 3.16. The Morgan fingerprint density at radius 1 is 1.44 bits per heavy atom. The molecule has 1 aliphatic rings. The SMILES string of the molecule is CCC1(CNC(C)c2c(F)cccc2OC)CC1. The van der Waals surface area contributed by atoms with E-state index in [1.807, 2.05) is 13.0 Å². The Bertz CT molecular complexity index is 415. The number of ether oxygens (including phenoxy) is 1. The Morgan fingerprint density at radius 2 is 2.17 bits per heavy atom. The average molecular weight is 251 g/mol. The fourth-order valence-corrected chi connectivity index (χ4v) is 2.42. The van der Waals surface area contributed by atoms with Crippen LogP contribution < -0.4 is 10.1 Å². The number of rotatable bonds is 6. The summed E-state index contributed by atoms with van der Waals surface area (Å²) in [7, 11) is 1.58. The number of benzene rings is 1. The summed E-state index contributed by atoms with van der Waals surface area (Å²) in [6, 6.07) is 4.95. The molecule has 1 unspecified atom stereocenters. The third-order valence-corrected chi connectivity index (χ3v) is 4.16. The van der Waals surface area contributed by atoms with E-state index in [-0.39, 0.29) is 11.9 Å². The van der Waals surface area contributed by atoms with Gasteiger partial charge in [-0.1, -0.05) is 13.0 Å². The van der Waals surface area contributed by atoms with Crippen molar-refractivity contribution in [2.24, 2.45) is 5.41 Å². The monoisotopic (exact) mass is 251 g/mol. The van der Waals surface area contributed by atoms with Crippen LogP contribution in [0.15, 0.2) is 18.2 Å². The molecule has 0 spiro atoms. The van der Waals surface area contributed by atoms with Crippen LogP contribution in [-0.4, -0.2) is 13.7 Å². The van der Waals surface area contributed by atoms with Gasteiger partial charge >= 0.3 is 0 Å². The van der Waals surface area contributed by atoms with Crippen molar-refractivity contribution in [3.05, 3.63) is 29.6 Å². The zero-order valence-corrected chi connectivity index (χ0v) is 11.4. The molecule has 1 aromatic rings. The lowest BCUT2D eigenvalue weighted by Gasteiger charge is -2.21. The summed E-state index contributed by atoms with van der Waals surface area (Å²) in [6.07, 6.45) is 3.77. The number of methoxy groups -OCH3 is 1. The van der Waals surface area contributed by atoms with Crippen molar-refractivity contribution in [2.75, 3.05) is 13.7 Å². The lowest BCUT2D eigenvalue weighted by Crippen LogP contribution is -2.27. The largest absolute Gasteiger partial charge is 0.496 e. The van der Waals surface area contributed by atoms with E-state index in [1.165, 1.54) is 25.3 Å². The lowest BCUT2D eigenvalue weighted by molar-refractivity contribution is 0.377.